The van der Waals surface area contributed by atoms with Crippen LogP contribution in [0.2, 0.25) is 0 Å². The minimum Gasteiger partial charge on any atom is -0.274 e. The minimum atomic E-state index is -0.230. The van der Waals surface area contributed by atoms with E-state index in [1.54, 1.807) is 19.9 Å². The van der Waals surface area contributed by atoms with E-state index in [2.05, 4.69) is 15.9 Å². The molecule has 0 N–H and O–H groups in total. The molecule has 1 heterocycles. The van der Waals surface area contributed by atoms with Crippen molar-refractivity contribution in [3.05, 3.63) is 28.2 Å². The zero-order valence-corrected chi connectivity index (χ0v) is 11.6. The maximum Gasteiger partial charge on any atom is 0.237 e. The third-order valence-electron chi connectivity index (χ3n) is 3.37. The molecule has 0 aromatic heterocycles. The van der Waals surface area contributed by atoms with Crippen molar-refractivity contribution in [2.75, 3.05) is 4.90 Å². The largest absolute Gasteiger partial charge is 0.274 e. The summed E-state index contributed by atoms with van der Waals surface area (Å²) in [5, 5.41) is 0. The van der Waals surface area contributed by atoms with Crippen LogP contribution in [0.25, 0.3) is 0 Å². The van der Waals surface area contributed by atoms with Crippen LogP contribution < -0.4 is 4.90 Å². The zero-order valence-electron chi connectivity index (χ0n) is 10.0. The lowest BCUT2D eigenvalue weighted by atomic mass is 10.00. The highest BCUT2D eigenvalue weighted by molar-refractivity contribution is 9.10. The van der Waals surface area contributed by atoms with Gasteiger partial charge in [-0.05, 0) is 30.7 Å². The maximum atomic E-state index is 12.0. The van der Waals surface area contributed by atoms with E-state index in [1.165, 1.54) is 4.90 Å². The molecule has 2 rings (SSSR count). The zero-order chi connectivity index (χ0) is 12.7. The van der Waals surface area contributed by atoms with Crippen molar-refractivity contribution in [2.24, 2.45) is 11.8 Å². The summed E-state index contributed by atoms with van der Waals surface area (Å²) in [5.74, 6) is -0.675. The molecule has 1 aliphatic rings. The van der Waals surface area contributed by atoms with Crippen molar-refractivity contribution in [3.8, 4) is 0 Å². The van der Waals surface area contributed by atoms with Gasteiger partial charge in [0.05, 0.1) is 5.69 Å². The number of hydrogen-bond donors (Lipinski definition) is 0. The predicted molar refractivity (Wildman–Crippen MR) is 69.7 cm³/mol. The van der Waals surface area contributed by atoms with E-state index >= 15 is 0 Å². The molecule has 0 saturated carbocycles. The quantitative estimate of drug-likeness (QED) is 0.747. The molecular formula is C13H14BrNO2. The molecular weight excluding hydrogens is 282 g/mol. The number of nitrogens with zero attached hydrogens (tertiary/aromatic N) is 1. The highest BCUT2D eigenvalue weighted by Crippen LogP contribution is 2.32. The van der Waals surface area contributed by atoms with Crippen LogP contribution in [0.15, 0.2) is 22.7 Å². The van der Waals surface area contributed by atoms with Gasteiger partial charge >= 0.3 is 0 Å². The summed E-state index contributed by atoms with van der Waals surface area (Å²) >= 11 is 3.40. The fourth-order valence-corrected chi connectivity index (χ4v) is 2.21. The molecule has 2 atom stereocenters. The number of imide groups is 1. The van der Waals surface area contributed by atoms with E-state index in [1.807, 2.05) is 19.1 Å². The average molecular weight is 296 g/mol. The van der Waals surface area contributed by atoms with Crippen LogP contribution >= 0.6 is 15.9 Å². The standard InChI is InChI=1S/C13H14BrNO2/c1-7-6-10(4-5-11(7)14)15-12(16)8(2)9(3)13(15)17/h4-6,8-9H,1-3H3. The van der Waals surface area contributed by atoms with Crippen molar-refractivity contribution in [3.63, 3.8) is 0 Å². The summed E-state index contributed by atoms with van der Waals surface area (Å²) in [5.41, 5.74) is 1.67. The Morgan fingerprint density at radius 2 is 1.65 bits per heavy atom. The molecule has 90 valence electrons. The second-order valence-corrected chi connectivity index (χ2v) is 5.38. The lowest BCUT2D eigenvalue weighted by molar-refractivity contribution is -0.122. The molecule has 0 aliphatic carbocycles. The lowest BCUT2D eigenvalue weighted by Gasteiger charge is -2.15. The predicted octanol–water partition coefficient (Wildman–Crippen LogP) is 2.90. The van der Waals surface area contributed by atoms with Crippen LogP contribution in [0.1, 0.15) is 19.4 Å². The van der Waals surface area contributed by atoms with E-state index in [-0.39, 0.29) is 23.7 Å². The van der Waals surface area contributed by atoms with Gasteiger partial charge in [-0.2, -0.15) is 0 Å². The number of carbonyl (C=O) groups is 2. The number of rotatable bonds is 1. The van der Waals surface area contributed by atoms with E-state index in [9.17, 15) is 9.59 Å². The first-order valence-corrected chi connectivity index (χ1v) is 6.36. The van der Waals surface area contributed by atoms with Crippen LogP contribution in [-0.2, 0) is 9.59 Å². The summed E-state index contributed by atoms with van der Waals surface area (Å²) in [6, 6.07) is 5.50. The number of benzene rings is 1. The number of anilines is 1. The Morgan fingerprint density at radius 3 is 2.12 bits per heavy atom. The highest BCUT2D eigenvalue weighted by Gasteiger charge is 2.42. The molecule has 3 nitrogen and oxygen atoms in total. The fraction of sp³-hybridized carbons (Fsp3) is 0.385. The lowest BCUT2D eigenvalue weighted by Crippen LogP contribution is -2.30. The van der Waals surface area contributed by atoms with Gasteiger partial charge in [0.1, 0.15) is 0 Å². The molecule has 0 bridgehead atoms. The van der Waals surface area contributed by atoms with Gasteiger partial charge < -0.3 is 0 Å². The van der Waals surface area contributed by atoms with Crippen molar-refractivity contribution < 1.29 is 9.59 Å². The first-order chi connectivity index (χ1) is 7.93. The number of amides is 2. The van der Waals surface area contributed by atoms with Gasteiger partial charge in [-0.25, -0.2) is 0 Å². The van der Waals surface area contributed by atoms with Gasteiger partial charge in [-0.1, -0.05) is 29.8 Å². The van der Waals surface area contributed by atoms with Crippen molar-refractivity contribution in [1.29, 1.82) is 0 Å². The first-order valence-electron chi connectivity index (χ1n) is 5.57. The fourth-order valence-electron chi connectivity index (χ4n) is 1.97. The Bertz CT molecular complexity index is 478. The summed E-state index contributed by atoms with van der Waals surface area (Å²) in [7, 11) is 0. The van der Waals surface area contributed by atoms with Gasteiger partial charge in [0.2, 0.25) is 11.8 Å². The summed E-state index contributed by atoms with van der Waals surface area (Å²) in [4.78, 5) is 25.3. The Morgan fingerprint density at radius 1 is 1.12 bits per heavy atom. The van der Waals surface area contributed by atoms with E-state index < -0.39 is 0 Å². The first kappa shape index (κ1) is 12.3. The third-order valence-corrected chi connectivity index (χ3v) is 4.26. The summed E-state index contributed by atoms with van der Waals surface area (Å²) < 4.78 is 0.974. The monoisotopic (exact) mass is 295 g/mol. The highest BCUT2D eigenvalue weighted by atomic mass is 79.9. The number of halogens is 1. The van der Waals surface area contributed by atoms with E-state index in [0.717, 1.165) is 10.0 Å². The van der Waals surface area contributed by atoms with Gasteiger partial charge in [-0.3, -0.25) is 14.5 Å². The van der Waals surface area contributed by atoms with Gasteiger partial charge in [-0.15, -0.1) is 0 Å². The molecule has 2 unspecified atom stereocenters. The third kappa shape index (κ3) is 1.90. The van der Waals surface area contributed by atoms with Crippen LogP contribution in [-0.4, -0.2) is 11.8 Å². The molecule has 0 spiro atoms. The number of hydrogen-bond acceptors (Lipinski definition) is 2. The second-order valence-electron chi connectivity index (χ2n) is 4.52. The Kier molecular flexibility index (Phi) is 3.08. The van der Waals surface area contributed by atoms with E-state index in [4.69, 9.17) is 0 Å². The SMILES string of the molecule is Cc1cc(N2C(=O)C(C)C(C)C2=O)ccc1Br. The van der Waals surface area contributed by atoms with Crippen molar-refractivity contribution in [2.45, 2.75) is 20.8 Å². The smallest absolute Gasteiger partial charge is 0.237 e. The Hall–Kier alpha value is -1.16. The topological polar surface area (TPSA) is 37.4 Å². The average Bonchev–Trinajstić information content (AvgIpc) is 2.48. The van der Waals surface area contributed by atoms with Crippen LogP contribution in [0.5, 0.6) is 0 Å². The maximum absolute atomic E-state index is 12.0. The van der Waals surface area contributed by atoms with Gasteiger partial charge in [0, 0.05) is 16.3 Å². The van der Waals surface area contributed by atoms with Crippen LogP contribution in [0, 0.1) is 18.8 Å². The van der Waals surface area contributed by atoms with Gasteiger partial charge in [0.15, 0.2) is 0 Å². The normalized spacial score (nSPS) is 24.6. The summed E-state index contributed by atoms with van der Waals surface area (Å²) in [6.45, 7) is 5.54. The Balaban J connectivity index is 2.43. The van der Waals surface area contributed by atoms with Crippen LogP contribution in [0.4, 0.5) is 5.69 Å². The minimum absolute atomic E-state index is 0.107. The van der Waals surface area contributed by atoms with Crippen LogP contribution in [0.3, 0.4) is 0 Å². The van der Waals surface area contributed by atoms with Gasteiger partial charge in [0.25, 0.3) is 0 Å². The molecule has 1 aromatic carbocycles. The molecule has 1 aromatic rings. The van der Waals surface area contributed by atoms with E-state index in [0.29, 0.717) is 5.69 Å². The molecule has 4 heteroatoms. The molecule has 1 aliphatic heterocycles. The second kappa shape index (κ2) is 4.26. The molecule has 17 heavy (non-hydrogen) atoms. The Labute approximate surface area is 109 Å². The molecule has 1 saturated heterocycles. The molecule has 0 radical (unpaired) electrons. The number of carbonyl (C=O) groups excluding carboxylic acids is 2. The van der Waals surface area contributed by atoms with Crippen molar-refractivity contribution in [1.82, 2.24) is 0 Å². The molecule has 2 amide bonds. The van der Waals surface area contributed by atoms with Crippen molar-refractivity contribution >= 4 is 33.4 Å². The molecule has 1 fully saturated rings. The summed E-state index contributed by atoms with van der Waals surface area (Å²) in [6.07, 6.45) is 0. The number of aryl methyl sites for hydroxylation is 1.